The van der Waals surface area contributed by atoms with E-state index in [1.807, 2.05) is 0 Å². The minimum Gasteiger partial charge on any atom is -0.481 e. The molecule has 0 atom stereocenters. The molecule has 2 rings (SSSR count). The summed E-state index contributed by atoms with van der Waals surface area (Å²) in [5.74, 6) is -0.952. The molecule has 0 spiro atoms. The standard InChI is InChI=1S/C15H27NO3/c1-2-16(13-5-3-4-6-13)11-15(19)9-7-12(8-10-15)14(17)18/h12-13,19H,2-11H2,1H3,(H,17,18). The summed E-state index contributed by atoms with van der Waals surface area (Å²) in [6, 6.07) is 0.631. The molecule has 4 nitrogen and oxygen atoms in total. The van der Waals surface area contributed by atoms with Crippen molar-refractivity contribution in [3.63, 3.8) is 0 Å². The molecule has 0 bridgehead atoms. The summed E-state index contributed by atoms with van der Waals surface area (Å²) < 4.78 is 0. The minimum absolute atomic E-state index is 0.248. The molecule has 2 aliphatic rings. The monoisotopic (exact) mass is 269 g/mol. The molecule has 0 unspecified atom stereocenters. The Labute approximate surface area is 115 Å². The Bertz CT molecular complexity index is 305. The zero-order chi connectivity index (χ0) is 13.9. The fourth-order valence-corrected chi connectivity index (χ4v) is 3.71. The van der Waals surface area contributed by atoms with Crippen molar-refractivity contribution in [1.82, 2.24) is 4.90 Å². The lowest BCUT2D eigenvalue weighted by molar-refractivity contribution is -0.145. The molecule has 0 heterocycles. The fraction of sp³-hybridized carbons (Fsp3) is 0.933. The number of carbonyl (C=O) groups is 1. The van der Waals surface area contributed by atoms with Gasteiger partial charge in [0.05, 0.1) is 11.5 Å². The van der Waals surface area contributed by atoms with Crippen LogP contribution in [0.3, 0.4) is 0 Å². The van der Waals surface area contributed by atoms with E-state index in [0.29, 0.717) is 31.7 Å². The fourth-order valence-electron chi connectivity index (χ4n) is 3.71. The van der Waals surface area contributed by atoms with Gasteiger partial charge in [0.1, 0.15) is 0 Å². The number of rotatable bonds is 5. The molecule has 19 heavy (non-hydrogen) atoms. The third-order valence-electron chi connectivity index (χ3n) is 5.01. The molecular formula is C15H27NO3. The molecular weight excluding hydrogens is 242 g/mol. The number of carboxylic acid groups (broad SMARTS) is 1. The lowest BCUT2D eigenvalue weighted by Crippen LogP contribution is -2.49. The van der Waals surface area contributed by atoms with Crippen molar-refractivity contribution in [2.24, 2.45) is 5.92 Å². The Morgan fingerprint density at radius 1 is 1.21 bits per heavy atom. The van der Waals surface area contributed by atoms with Gasteiger partial charge in [0.15, 0.2) is 0 Å². The molecule has 2 saturated carbocycles. The Balaban J connectivity index is 1.88. The molecule has 2 N–H and O–H groups in total. The average Bonchev–Trinajstić information content (AvgIpc) is 2.90. The van der Waals surface area contributed by atoms with Gasteiger partial charge in [0.2, 0.25) is 0 Å². The maximum absolute atomic E-state index is 11.0. The van der Waals surface area contributed by atoms with Gasteiger partial charge in [-0.1, -0.05) is 19.8 Å². The highest BCUT2D eigenvalue weighted by atomic mass is 16.4. The number of hydrogen-bond donors (Lipinski definition) is 2. The second-order valence-corrected chi connectivity index (χ2v) is 6.34. The van der Waals surface area contributed by atoms with Crippen LogP contribution in [0.2, 0.25) is 0 Å². The maximum atomic E-state index is 11.0. The van der Waals surface area contributed by atoms with Crippen molar-refractivity contribution in [2.45, 2.75) is 69.9 Å². The van der Waals surface area contributed by atoms with Crippen LogP contribution in [0, 0.1) is 5.92 Å². The smallest absolute Gasteiger partial charge is 0.306 e. The van der Waals surface area contributed by atoms with Crippen molar-refractivity contribution in [3.8, 4) is 0 Å². The van der Waals surface area contributed by atoms with E-state index in [1.165, 1.54) is 25.7 Å². The lowest BCUT2D eigenvalue weighted by atomic mass is 9.78. The Kier molecular flexibility index (Phi) is 4.85. The van der Waals surface area contributed by atoms with E-state index in [9.17, 15) is 9.90 Å². The van der Waals surface area contributed by atoms with Crippen LogP contribution in [-0.2, 0) is 4.79 Å². The van der Waals surface area contributed by atoms with Crippen LogP contribution < -0.4 is 0 Å². The molecule has 4 heteroatoms. The Morgan fingerprint density at radius 3 is 2.26 bits per heavy atom. The second-order valence-electron chi connectivity index (χ2n) is 6.34. The lowest BCUT2D eigenvalue weighted by Gasteiger charge is -2.40. The Morgan fingerprint density at radius 2 is 1.79 bits per heavy atom. The first-order valence-corrected chi connectivity index (χ1v) is 7.73. The van der Waals surface area contributed by atoms with Crippen LogP contribution in [-0.4, -0.2) is 45.8 Å². The normalized spacial score (nSPS) is 32.9. The SMILES string of the molecule is CCN(CC1(O)CCC(C(=O)O)CC1)C1CCCC1. The summed E-state index contributed by atoms with van der Waals surface area (Å²) in [5.41, 5.74) is -0.662. The number of nitrogens with zero attached hydrogens (tertiary/aromatic N) is 1. The van der Waals surface area contributed by atoms with Gasteiger partial charge in [-0.25, -0.2) is 0 Å². The highest BCUT2D eigenvalue weighted by Gasteiger charge is 2.38. The van der Waals surface area contributed by atoms with Gasteiger partial charge in [-0.2, -0.15) is 0 Å². The summed E-state index contributed by atoms with van der Waals surface area (Å²) in [4.78, 5) is 13.4. The average molecular weight is 269 g/mol. The van der Waals surface area contributed by atoms with Crippen LogP contribution in [0.15, 0.2) is 0 Å². The summed E-state index contributed by atoms with van der Waals surface area (Å²) in [6.07, 6.45) is 7.62. The molecule has 0 amide bonds. The van der Waals surface area contributed by atoms with Crippen molar-refractivity contribution >= 4 is 5.97 Å². The molecule has 2 aliphatic carbocycles. The summed E-state index contributed by atoms with van der Waals surface area (Å²) in [7, 11) is 0. The molecule has 0 radical (unpaired) electrons. The number of aliphatic hydroxyl groups is 1. The van der Waals surface area contributed by atoms with Crippen molar-refractivity contribution < 1.29 is 15.0 Å². The predicted molar refractivity (Wildman–Crippen MR) is 74.0 cm³/mol. The highest BCUT2D eigenvalue weighted by molar-refractivity contribution is 5.70. The van der Waals surface area contributed by atoms with E-state index in [2.05, 4.69) is 11.8 Å². The van der Waals surface area contributed by atoms with E-state index in [1.54, 1.807) is 0 Å². The van der Waals surface area contributed by atoms with Crippen molar-refractivity contribution in [2.75, 3.05) is 13.1 Å². The zero-order valence-electron chi connectivity index (χ0n) is 12.0. The highest BCUT2D eigenvalue weighted by Crippen LogP contribution is 2.34. The summed E-state index contributed by atoms with van der Waals surface area (Å²) in [5, 5.41) is 19.7. The number of carboxylic acids is 1. The largest absolute Gasteiger partial charge is 0.481 e. The molecule has 0 saturated heterocycles. The van der Waals surface area contributed by atoms with Gasteiger partial charge >= 0.3 is 5.97 Å². The summed E-state index contributed by atoms with van der Waals surface area (Å²) >= 11 is 0. The molecule has 2 fully saturated rings. The van der Waals surface area contributed by atoms with Crippen LogP contribution in [0.25, 0.3) is 0 Å². The number of likely N-dealkylation sites (N-methyl/N-ethyl adjacent to an activating group) is 1. The zero-order valence-corrected chi connectivity index (χ0v) is 12.0. The van der Waals surface area contributed by atoms with Crippen LogP contribution in [0.4, 0.5) is 0 Å². The quantitative estimate of drug-likeness (QED) is 0.803. The summed E-state index contributed by atoms with van der Waals surface area (Å²) in [6.45, 7) is 3.86. The topological polar surface area (TPSA) is 60.8 Å². The van der Waals surface area contributed by atoms with Gasteiger partial charge in [0, 0.05) is 12.6 Å². The molecule has 0 aromatic carbocycles. The van der Waals surface area contributed by atoms with E-state index in [4.69, 9.17) is 5.11 Å². The van der Waals surface area contributed by atoms with Crippen LogP contribution in [0.5, 0.6) is 0 Å². The first kappa shape index (κ1) is 14.8. The van der Waals surface area contributed by atoms with Gasteiger partial charge < -0.3 is 10.2 Å². The third kappa shape index (κ3) is 3.69. The molecule has 0 aromatic rings. The van der Waals surface area contributed by atoms with Gasteiger partial charge in [-0.05, 0) is 45.1 Å². The van der Waals surface area contributed by atoms with E-state index in [-0.39, 0.29) is 5.92 Å². The molecule has 0 aromatic heterocycles. The number of hydrogen-bond acceptors (Lipinski definition) is 3. The van der Waals surface area contributed by atoms with Crippen molar-refractivity contribution in [1.29, 1.82) is 0 Å². The minimum atomic E-state index is -0.704. The van der Waals surface area contributed by atoms with Gasteiger partial charge in [0.25, 0.3) is 0 Å². The van der Waals surface area contributed by atoms with Gasteiger partial charge in [-0.3, -0.25) is 9.69 Å². The maximum Gasteiger partial charge on any atom is 0.306 e. The van der Waals surface area contributed by atoms with Crippen LogP contribution in [0.1, 0.15) is 58.3 Å². The van der Waals surface area contributed by atoms with Crippen molar-refractivity contribution in [3.05, 3.63) is 0 Å². The Hall–Kier alpha value is -0.610. The second kappa shape index (κ2) is 6.23. The first-order chi connectivity index (χ1) is 9.04. The van der Waals surface area contributed by atoms with E-state index >= 15 is 0 Å². The van der Waals surface area contributed by atoms with E-state index in [0.717, 1.165) is 13.1 Å². The van der Waals surface area contributed by atoms with Crippen LogP contribution >= 0.6 is 0 Å². The molecule has 110 valence electrons. The number of aliphatic carboxylic acids is 1. The third-order valence-corrected chi connectivity index (χ3v) is 5.01. The molecule has 0 aliphatic heterocycles. The predicted octanol–water partition coefficient (Wildman–Crippen LogP) is 2.26. The van der Waals surface area contributed by atoms with E-state index < -0.39 is 11.6 Å². The van der Waals surface area contributed by atoms with Gasteiger partial charge in [-0.15, -0.1) is 0 Å². The first-order valence-electron chi connectivity index (χ1n) is 7.73.